The van der Waals surface area contributed by atoms with Crippen LogP contribution in [0.3, 0.4) is 0 Å². The maximum atomic E-state index is 11.7. The molecule has 0 bridgehead atoms. The molecule has 2 heteroatoms. The number of unbranched alkanes of at least 4 members (excludes halogenated alkanes) is 20. The third-order valence-electron chi connectivity index (χ3n) is 8.08. The Balaban J connectivity index is 0. The van der Waals surface area contributed by atoms with Crippen LogP contribution in [0.4, 0.5) is 0 Å². The summed E-state index contributed by atoms with van der Waals surface area (Å²) in [5.41, 5.74) is 0. The molecular weight excluding hydrogens is 512 g/mol. The van der Waals surface area contributed by atoms with Gasteiger partial charge in [-0.25, -0.2) is 0 Å². The van der Waals surface area contributed by atoms with Crippen LogP contribution >= 0.6 is 0 Å². The van der Waals surface area contributed by atoms with Gasteiger partial charge in [0.25, 0.3) is 0 Å². The van der Waals surface area contributed by atoms with Crippen LogP contribution in [0, 0.1) is 0 Å². The van der Waals surface area contributed by atoms with Crippen molar-refractivity contribution in [1.82, 2.24) is 0 Å². The fraction of sp³-hybridized carbons (Fsp3) is 0.850. The van der Waals surface area contributed by atoms with Crippen molar-refractivity contribution in [3.8, 4) is 0 Å². The van der Waals surface area contributed by atoms with Crippen LogP contribution in [0.25, 0.3) is 0 Å². The number of allylic oxidation sites excluding steroid dienone is 4. The molecule has 0 saturated carbocycles. The standard InChI is InChI=1S/2C20H38O/c2*1-3-5-7-9-11-13-15-17-19-20(21)18-16-14-12-10-8-6-4-2/h2*13,15H,3-12,14,16-19H2,1-2H3/b2*15-13-. The first kappa shape index (κ1) is 43.0. The zero-order valence-corrected chi connectivity index (χ0v) is 29.3. The quantitative estimate of drug-likeness (QED) is 0.0578. The maximum Gasteiger partial charge on any atom is 0.133 e. The van der Waals surface area contributed by atoms with Crippen LogP contribution in [-0.4, -0.2) is 11.6 Å². The second kappa shape index (κ2) is 39.8. The highest BCUT2D eigenvalue weighted by atomic mass is 16.1. The van der Waals surface area contributed by atoms with Crippen molar-refractivity contribution in [3.05, 3.63) is 24.3 Å². The van der Waals surface area contributed by atoms with Crippen molar-refractivity contribution < 1.29 is 9.59 Å². The largest absolute Gasteiger partial charge is 0.300 e. The Bertz CT molecular complexity index is 536. The van der Waals surface area contributed by atoms with E-state index in [9.17, 15) is 9.59 Å². The predicted octanol–water partition coefficient (Wildman–Crippen LogP) is 14.0. The van der Waals surface area contributed by atoms with Crippen molar-refractivity contribution in [1.29, 1.82) is 0 Å². The van der Waals surface area contributed by atoms with E-state index in [2.05, 4.69) is 52.0 Å². The minimum Gasteiger partial charge on any atom is -0.300 e. The highest BCUT2D eigenvalue weighted by Gasteiger charge is 2.01. The number of Topliss-reactive ketones (excluding diaryl/α,β-unsaturated/α-hetero) is 2. The number of carbonyl (C=O) groups is 2. The van der Waals surface area contributed by atoms with Gasteiger partial charge in [-0.2, -0.15) is 0 Å². The minimum atomic E-state index is 0.458. The molecule has 0 spiro atoms. The molecule has 0 amide bonds. The molecule has 0 aromatic heterocycles. The molecule has 0 aromatic carbocycles. The second-order valence-corrected chi connectivity index (χ2v) is 12.5. The van der Waals surface area contributed by atoms with Gasteiger partial charge in [0.05, 0.1) is 0 Å². The zero-order chi connectivity index (χ0) is 31.2. The van der Waals surface area contributed by atoms with E-state index < -0.39 is 0 Å². The summed E-state index contributed by atoms with van der Waals surface area (Å²) in [5.74, 6) is 0.915. The number of ketones is 2. The van der Waals surface area contributed by atoms with Gasteiger partial charge in [0.15, 0.2) is 0 Å². The van der Waals surface area contributed by atoms with Crippen molar-refractivity contribution >= 4 is 11.6 Å². The zero-order valence-electron chi connectivity index (χ0n) is 29.3. The summed E-state index contributed by atoms with van der Waals surface area (Å²) in [7, 11) is 0. The third kappa shape index (κ3) is 41.0. The molecule has 0 fully saturated rings. The summed E-state index contributed by atoms with van der Waals surface area (Å²) in [5, 5.41) is 0. The summed E-state index contributed by atoms with van der Waals surface area (Å²) in [4.78, 5) is 23.4. The first-order valence-electron chi connectivity index (χ1n) is 19.0. The predicted molar refractivity (Wildman–Crippen MR) is 189 cm³/mol. The Morgan fingerprint density at radius 3 is 0.905 bits per heavy atom. The molecule has 0 heterocycles. The fourth-order valence-corrected chi connectivity index (χ4v) is 5.15. The maximum absolute atomic E-state index is 11.7. The Morgan fingerprint density at radius 1 is 0.310 bits per heavy atom. The number of hydrogen-bond acceptors (Lipinski definition) is 2. The second-order valence-electron chi connectivity index (χ2n) is 12.5. The fourth-order valence-electron chi connectivity index (χ4n) is 5.15. The van der Waals surface area contributed by atoms with Crippen LogP contribution in [0.15, 0.2) is 24.3 Å². The Hall–Kier alpha value is -1.18. The van der Waals surface area contributed by atoms with Gasteiger partial charge < -0.3 is 0 Å². The lowest BCUT2D eigenvalue weighted by molar-refractivity contribution is -0.119. The molecule has 0 aromatic rings. The third-order valence-corrected chi connectivity index (χ3v) is 8.08. The Labute approximate surface area is 265 Å². The smallest absolute Gasteiger partial charge is 0.133 e. The SMILES string of the molecule is CCCCCC/C=C\CCC(=O)CCCCCCCCC.CCCCCC/C=C\CCC(=O)CCCCCCCCC. The molecule has 0 rings (SSSR count). The number of rotatable bonds is 32. The molecule has 0 unspecified atom stereocenters. The topological polar surface area (TPSA) is 34.1 Å². The van der Waals surface area contributed by atoms with E-state index in [0.717, 1.165) is 51.4 Å². The van der Waals surface area contributed by atoms with Crippen molar-refractivity contribution in [3.63, 3.8) is 0 Å². The summed E-state index contributed by atoms with van der Waals surface area (Å²) < 4.78 is 0. The van der Waals surface area contributed by atoms with Gasteiger partial charge in [-0.05, 0) is 51.4 Å². The molecule has 0 aliphatic heterocycles. The van der Waals surface area contributed by atoms with E-state index in [1.165, 1.54) is 141 Å². The van der Waals surface area contributed by atoms with E-state index in [1.807, 2.05) is 0 Å². The average molecular weight is 589 g/mol. The van der Waals surface area contributed by atoms with Gasteiger partial charge in [-0.1, -0.05) is 168 Å². The van der Waals surface area contributed by atoms with Crippen molar-refractivity contribution in [2.24, 2.45) is 0 Å². The van der Waals surface area contributed by atoms with E-state index in [1.54, 1.807) is 0 Å². The Morgan fingerprint density at radius 2 is 0.571 bits per heavy atom. The summed E-state index contributed by atoms with van der Waals surface area (Å²) in [6.07, 6.45) is 45.0. The average Bonchev–Trinajstić information content (AvgIpc) is 2.99. The van der Waals surface area contributed by atoms with Gasteiger partial charge in [-0.15, -0.1) is 0 Å². The van der Waals surface area contributed by atoms with Crippen molar-refractivity contribution in [2.45, 2.75) is 220 Å². The monoisotopic (exact) mass is 589 g/mol. The Kier molecular flexibility index (Phi) is 40.7. The first-order valence-corrected chi connectivity index (χ1v) is 19.0. The normalized spacial score (nSPS) is 11.3. The van der Waals surface area contributed by atoms with Crippen molar-refractivity contribution in [2.75, 3.05) is 0 Å². The van der Waals surface area contributed by atoms with E-state index in [0.29, 0.717) is 11.6 Å². The molecular formula is C40H76O2. The highest BCUT2D eigenvalue weighted by Crippen LogP contribution is 2.12. The lowest BCUT2D eigenvalue weighted by Gasteiger charge is -2.01. The van der Waals surface area contributed by atoms with Gasteiger partial charge >= 0.3 is 0 Å². The lowest BCUT2D eigenvalue weighted by atomic mass is 10.0. The van der Waals surface area contributed by atoms with Crippen LogP contribution in [-0.2, 0) is 9.59 Å². The van der Waals surface area contributed by atoms with Crippen LogP contribution < -0.4 is 0 Å². The van der Waals surface area contributed by atoms with Crippen LogP contribution in [0.1, 0.15) is 220 Å². The van der Waals surface area contributed by atoms with Gasteiger partial charge in [0.1, 0.15) is 11.6 Å². The van der Waals surface area contributed by atoms with E-state index in [4.69, 9.17) is 0 Å². The minimum absolute atomic E-state index is 0.458. The van der Waals surface area contributed by atoms with Crippen LogP contribution in [0.2, 0.25) is 0 Å². The van der Waals surface area contributed by atoms with E-state index in [-0.39, 0.29) is 0 Å². The molecule has 0 radical (unpaired) electrons. The highest BCUT2D eigenvalue weighted by molar-refractivity contribution is 5.78. The number of hydrogen-bond donors (Lipinski definition) is 0. The lowest BCUT2D eigenvalue weighted by Crippen LogP contribution is -1.96. The molecule has 0 atom stereocenters. The number of carbonyl (C=O) groups excluding carboxylic acids is 2. The molecule has 0 aliphatic rings. The molecule has 0 N–H and O–H groups in total. The van der Waals surface area contributed by atoms with Gasteiger partial charge in [0, 0.05) is 25.7 Å². The molecule has 0 saturated heterocycles. The molecule has 42 heavy (non-hydrogen) atoms. The molecule has 0 aliphatic carbocycles. The first-order chi connectivity index (χ1) is 20.6. The summed E-state index contributed by atoms with van der Waals surface area (Å²) >= 11 is 0. The summed E-state index contributed by atoms with van der Waals surface area (Å²) in [6, 6.07) is 0. The van der Waals surface area contributed by atoms with Gasteiger partial charge in [0.2, 0.25) is 0 Å². The van der Waals surface area contributed by atoms with E-state index >= 15 is 0 Å². The molecule has 2 nitrogen and oxygen atoms in total. The summed E-state index contributed by atoms with van der Waals surface area (Å²) in [6.45, 7) is 8.98. The van der Waals surface area contributed by atoms with Crippen LogP contribution in [0.5, 0.6) is 0 Å². The molecule has 248 valence electrons. The van der Waals surface area contributed by atoms with Gasteiger partial charge in [-0.3, -0.25) is 9.59 Å².